The second-order valence-electron chi connectivity index (χ2n) is 3.73. The van der Waals surface area contributed by atoms with Gasteiger partial charge in [-0.15, -0.1) is 0 Å². The largest absolute Gasteiger partial charge is 0.369 e. The van der Waals surface area contributed by atoms with Gasteiger partial charge in [0.25, 0.3) is 0 Å². The SMILES string of the molecule is CCCNc1nc(SCC)nc2ccccc12. The summed E-state index contributed by atoms with van der Waals surface area (Å²) < 4.78 is 0. The number of rotatable bonds is 5. The fraction of sp³-hybridized carbons (Fsp3) is 0.385. The quantitative estimate of drug-likeness (QED) is 0.647. The van der Waals surface area contributed by atoms with Gasteiger partial charge in [0.15, 0.2) is 5.16 Å². The van der Waals surface area contributed by atoms with E-state index in [4.69, 9.17) is 0 Å². The molecule has 0 aliphatic rings. The number of hydrogen-bond donors (Lipinski definition) is 1. The Balaban J connectivity index is 2.45. The summed E-state index contributed by atoms with van der Waals surface area (Å²) in [6.07, 6.45) is 1.09. The fourth-order valence-corrected chi connectivity index (χ4v) is 2.20. The Morgan fingerprint density at radius 1 is 1.18 bits per heavy atom. The van der Waals surface area contributed by atoms with Gasteiger partial charge in [0.1, 0.15) is 5.82 Å². The average Bonchev–Trinajstić information content (AvgIpc) is 2.36. The minimum atomic E-state index is 0.852. The lowest BCUT2D eigenvalue weighted by Crippen LogP contribution is -2.04. The molecule has 1 aromatic carbocycles. The zero-order valence-corrected chi connectivity index (χ0v) is 11.0. The number of para-hydroxylation sites is 1. The van der Waals surface area contributed by atoms with Crippen molar-refractivity contribution in [2.75, 3.05) is 17.6 Å². The van der Waals surface area contributed by atoms with Gasteiger partial charge in [-0.05, 0) is 24.3 Å². The van der Waals surface area contributed by atoms with Gasteiger partial charge in [-0.1, -0.05) is 37.7 Å². The van der Waals surface area contributed by atoms with Gasteiger partial charge >= 0.3 is 0 Å². The van der Waals surface area contributed by atoms with Crippen molar-refractivity contribution in [3.63, 3.8) is 0 Å². The van der Waals surface area contributed by atoms with Crippen LogP contribution in [-0.4, -0.2) is 22.3 Å². The molecule has 3 nitrogen and oxygen atoms in total. The molecule has 0 aliphatic heterocycles. The highest BCUT2D eigenvalue weighted by atomic mass is 32.2. The lowest BCUT2D eigenvalue weighted by molar-refractivity contribution is 0.943. The molecule has 1 heterocycles. The summed E-state index contributed by atoms with van der Waals surface area (Å²) in [4.78, 5) is 9.11. The molecule has 90 valence electrons. The maximum absolute atomic E-state index is 4.57. The van der Waals surface area contributed by atoms with Gasteiger partial charge in [0.05, 0.1) is 5.52 Å². The van der Waals surface area contributed by atoms with E-state index in [2.05, 4.69) is 35.2 Å². The van der Waals surface area contributed by atoms with Crippen LogP contribution in [0.2, 0.25) is 0 Å². The highest BCUT2D eigenvalue weighted by Gasteiger charge is 2.06. The summed E-state index contributed by atoms with van der Waals surface area (Å²) in [5.41, 5.74) is 1.01. The van der Waals surface area contributed by atoms with E-state index in [9.17, 15) is 0 Å². The first-order valence-corrected chi connectivity index (χ1v) is 6.97. The highest BCUT2D eigenvalue weighted by Crippen LogP contribution is 2.23. The van der Waals surface area contributed by atoms with Crippen LogP contribution in [0.4, 0.5) is 5.82 Å². The number of benzene rings is 1. The van der Waals surface area contributed by atoms with Crippen LogP contribution in [-0.2, 0) is 0 Å². The first kappa shape index (κ1) is 12.2. The van der Waals surface area contributed by atoms with Crippen LogP contribution in [0.1, 0.15) is 20.3 Å². The van der Waals surface area contributed by atoms with Crippen molar-refractivity contribution in [3.05, 3.63) is 24.3 Å². The van der Waals surface area contributed by atoms with Crippen LogP contribution in [0.3, 0.4) is 0 Å². The summed E-state index contributed by atoms with van der Waals surface area (Å²) >= 11 is 1.68. The van der Waals surface area contributed by atoms with E-state index in [1.165, 1.54) is 0 Å². The third-order valence-electron chi connectivity index (χ3n) is 2.40. The maximum Gasteiger partial charge on any atom is 0.190 e. The molecule has 0 aliphatic carbocycles. The Morgan fingerprint density at radius 2 is 2.00 bits per heavy atom. The number of anilines is 1. The molecule has 0 unspecified atom stereocenters. The van der Waals surface area contributed by atoms with E-state index in [-0.39, 0.29) is 0 Å². The lowest BCUT2D eigenvalue weighted by atomic mass is 10.2. The molecule has 0 atom stereocenters. The number of thioether (sulfide) groups is 1. The number of hydrogen-bond acceptors (Lipinski definition) is 4. The molecule has 2 aromatic rings. The van der Waals surface area contributed by atoms with Crippen molar-refractivity contribution in [1.29, 1.82) is 0 Å². The van der Waals surface area contributed by atoms with Gasteiger partial charge in [-0.25, -0.2) is 9.97 Å². The van der Waals surface area contributed by atoms with Crippen molar-refractivity contribution >= 4 is 28.5 Å². The van der Waals surface area contributed by atoms with Crippen LogP contribution >= 0.6 is 11.8 Å². The molecule has 0 amide bonds. The first-order chi connectivity index (χ1) is 8.35. The normalized spacial score (nSPS) is 10.7. The number of aromatic nitrogens is 2. The van der Waals surface area contributed by atoms with E-state index >= 15 is 0 Å². The lowest BCUT2D eigenvalue weighted by Gasteiger charge is -2.09. The van der Waals surface area contributed by atoms with Crippen LogP contribution in [0.5, 0.6) is 0 Å². The predicted octanol–water partition coefficient (Wildman–Crippen LogP) is 3.56. The zero-order valence-electron chi connectivity index (χ0n) is 10.2. The van der Waals surface area contributed by atoms with Crippen LogP contribution in [0, 0.1) is 0 Å². The van der Waals surface area contributed by atoms with E-state index in [1.807, 2.05) is 18.2 Å². The minimum Gasteiger partial charge on any atom is -0.369 e. The van der Waals surface area contributed by atoms with Gasteiger partial charge in [0, 0.05) is 11.9 Å². The molecular formula is C13H17N3S. The van der Waals surface area contributed by atoms with Crippen molar-refractivity contribution in [3.8, 4) is 0 Å². The zero-order chi connectivity index (χ0) is 12.1. The van der Waals surface area contributed by atoms with Crippen molar-refractivity contribution in [1.82, 2.24) is 9.97 Å². The average molecular weight is 247 g/mol. The highest BCUT2D eigenvalue weighted by molar-refractivity contribution is 7.99. The van der Waals surface area contributed by atoms with Crippen molar-refractivity contribution in [2.24, 2.45) is 0 Å². The smallest absolute Gasteiger partial charge is 0.190 e. The topological polar surface area (TPSA) is 37.8 Å². The summed E-state index contributed by atoms with van der Waals surface area (Å²) in [6, 6.07) is 8.14. The van der Waals surface area contributed by atoms with Crippen molar-refractivity contribution < 1.29 is 0 Å². The molecule has 4 heteroatoms. The number of nitrogens with one attached hydrogen (secondary N) is 1. The molecule has 1 aromatic heterocycles. The van der Waals surface area contributed by atoms with Crippen LogP contribution < -0.4 is 5.32 Å². The predicted molar refractivity (Wildman–Crippen MR) is 74.7 cm³/mol. The third-order valence-corrected chi connectivity index (χ3v) is 3.13. The van der Waals surface area contributed by atoms with E-state index in [0.29, 0.717) is 0 Å². The number of nitrogens with zero attached hydrogens (tertiary/aromatic N) is 2. The minimum absolute atomic E-state index is 0.852. The Kier molecular flexibility index (Phi) is 4.20. The molecule has 0 saturated carbocycles. The molecule has 0 fully saturated rings. The second-order valence-corrected chi connectivity index (χ2v) is 4.96. The summed E-state index contributed by atoms with van der Waals surface area (Å²) in [5, 5.41) is 5.32. The molecule has 0 radical (unpaired) electrons. The Morgan fingerprint density at radius 3 is 2.76 bits per heavy atom. The Bertz CT molecular complexity index is 499. The summed E-state index contributed by atoms with van der Waals surface area (Å²) in [7, 11) is 0. The molecule has 17 heavy (non-hydrogen) atoms. The van der Waals surface area contributed by atoms with Gasteiger partial charge < -0.3 is 5.32 Å². The van der Waals surface area contributed by atoms with E-state index in [0.717, 1.165) is 40.6 Å². The Hall–Kier alpha value is -1.29. The monoisotopic (exact) mass is 247 g/mol. The molecule has 0 saturated heterocycles. The number of fused-ring (bicyclic) bond motifs is 1. The fourth-order valence-electron chi connectivity index (χ4n) is 1.63. The molecule has 1 N–H and O–H groups in total. The van der Waals surface area contributed by atoms with Gasteiger partial charge in [0.2, 0.25) is 0 Å². The van der Waals surface area contributed by atoms with Gasteiger partial charge in [-0.2, -0.15) is 0 Å². The van der Waals surface area contributed by atoms with E-state index < -0.39 is 0 Å². The van der Waals surface area contributed by atoms with E-state index in [1.54, 1.807) is 11.8 Å². The van der Waals surface area contributed by atoms with Gasteiger partial charge in [-0.3, -0.25) is 0 Å². The molecule has 0 spiro atoms. The van der Waals surface area contributed by atoms with Crippen LogP contribution in [0.25, 0.3) is 10.9 Å². The first-order valence-electron chi connectivity index (χ1n) is 5.98. The summed E-state index contributed by atoms with van der Waals surface area (Å²) in [5.74, 6) is 1.94. The summed E-state index contributed by atoms with van der Waals surface area (Å²) in [6.45, 7) is 5.21. The Labute approximate surface area is 106 Å². The maximum atomic E-state index is 4.57. The molecule has 0 bridgehead atoms. The molecular weight excluding hydrogens is 230 g/mol. The second kappa shape index (κ2) is 5.87. The van der Waals surface area contributed by atoms with Crippen LogP contribution in [0.15, 0.2) is 29.4 Å². The molecule has 2 rings (SSSR count). The standard InChI is InChI=1S/C13H17N3S/c1-3-9-14-12-10-7-5-6-8-11(10)15-13(16-12)17-4-2/h5-8H,3-4,9H2,1-2H3,(H,14,15,16). The van der Waals surface area contributed by atoms with Crippen molar-refractivity contribution in [2.45, 2.75) is 25.4 Å². The third kappa shape index (κ3) is 2.88.